The average molecular weight is 338 g/mol. The number of benzene rings is 1. The van der Waals surface area contributed by atoms with Crippen LogP contribution in [-0.4, -0.2) is 38.6 Å². The van der Waals surface area contributed by atoms with Crippen molar-refractivity contribution in [2.45, 2.75) is 43.0 Å². The molecule has 6 nitrogen and oxygen atoms in total. The fraction of sp³-hybridized carbons (Fsp3) is 0.562. The van der Waals surface area contributed by atoms with Crippen LogP contribution in [0.3, 0.4) is 0 Å². The Labute approximate surface area is 136 Å². The number of hydrogen-bond donors (Lipinski definition) is 3. The SMILES string of the molecule is O=C1NCCc2ccc(S(=O)(=O)N[C@H]3CCCC[C@H]3CO)cc21. The van der Waals surface area contributed by atoms with Crippen LogP contribution in [0.2, 0.25) is 0 Å². The summed E-state index contributed by atoms with van der Waals surface area (Å²) in [5.41, 5.74) is 1.31. The minimum Gasteiger partial charge on any atom is -0.396 e. The van der Waals surface area contributed by atoms with Crippen LogP contribution in [-0.2, 0) is 16.4 Å². The molecule has 1 amide bonds. The summed E-state index contributed by atoms with van der Waals surface area (Å²) in [5, 5.41) is 12.2. The lowest BCUT2D eigenvalue weighted by Gasteiger charge is -2.30. The van der Waals surface area contributed by atoms with Crippen molar-refractivity contribution in [3.63, 3.8) is 0 Å². The van der Waals surface area contributed by atoms with Crippen molar-refractivity contribution in [3.8, 4) is 0 Å². The molecule has 3 rings (SSSR count). The predicted octanol–water partition coefficient (Wildman–Crippen LogP) is 0.802. The minimum absolute atomic E-state index is 0.0141. The van der Waals surface area contributed by atoms with Gasteiger partial charge in [-0.1, -0.05) is 18.9 Å². The van der Waals surface area contributed by atoms with E-state index in [2.05, 4.69) is 10.0 Å². The van der Waals surface area contributed by atoms with E-state index in [0.29, 0.717) is 18.5 Å². The first-order chi connectivity index (χ1) is 11.0. The molecule has 126 valence electrons. The lowest BCUT2D eigenvalue weighted by molar-refractivity contribution is 0.0945. The molecule has 1 aliphatic heterocycles. The average Bonchev–Trinajstić information content (AvgIpc) is 2.55. The Morgan fingerprint density at radius 3 is 2.83 bits per heavy atom. The summed E-state index contributed by atoms with van der Waals surface area (Å²) in [6.07, 6.45) is 4.24. The van der Waals surface area contributed by atoms with Gasteiger partial charge in [-0.15, -0.1) is 0 Å². The topological polar surface area (TPSA) is 95.5 Å². The van der Waals surface area contributed by atoms with Crippen molar-refractivity contribution in [3.05, 3.63) is 29.3 Å². The second-order valence-corrected chi connectivity index (χ2v) is 7.99. The van der Waals surface area contributed by atoms with E-state index < -0.39 is 10.0 Å². The number of nitrogens with one attached hydrogen (secondary N) is 2. The molecule has 0 unspecified atom stereocenters. The molecular weight excluding hydrogens is 316 g/mol. The van der Waals surface area contributed by atoms with Crippen molar-refractivity contribution < 1.29 is 18.3 Å². The summed E-state index contributed by atoms with van der Waals surface area (Å²) < 4.78 is 28.0. The van der Waals surface area contributed by atoms with Gasteiger partial charge in [0.05, 0.1) is 4.90 Å². The Kier molecular flexibility index (Phi) is 4.70. The molecule has 0 bridgehead atoms. The van der Waals surface area contributed by atoms with E-state index in [9.17, 15) is 18.3 Å². The fourth-order valence-corrected chi connectivity index (χ4v) is 4.77. The minimum atomic E-state index is -3.70. The van der Waals surface area contributed by atoms with Crippen LogP contribution >= 0.6 is 0 Å². The smallest absolute Gasteiger partial charge is 0.251 e. The van der Waals surface area contributed by atoms with E-state index in [0.717, 1.165) is 31.2 Å². The summed E-state index contributed by atoms with van der Waals surface area (Å²) in [6.45, 7) is 0.566. The number of hydrogen-bond acceptors (Lipinski definition) is 4. The summed E-state index contributed by atoms with van der Waals surface area (Å²) in [5.74, 6) is -0.270. The van der Waals surface area contributed by atoms with Crippen molar-refractivity contribution >= 4 is 15.9 Å². The highest BCUT2D eigenvalue weighted by atomic mass is 32.2. The van der Waals surface area contributed by atoms with Crippen molar-refractivity contribution in [2.24, 2.45) is 5.92 Å². The highest BCUT2D eigenvalue weighted by Crippen LogP contribution is 2.26. The molecule has 0 aromatic heterocycles. The molecule has 1 aromatic carbocycles. The molecule has 1 saturated carbocycles. The monoisotopic (exact) mass is 338 g/mol. The third-order valence-electron chi connectivity index (χ3n) is 4.77. The molecule has 23 heavy (non-hydrogen) atoms. The van der Waals surface area contributed by atoms with Gasteiger partial charge in [-0.2, -0.15) is 0 Å². The maximum absolute atomic E-state index is 12.6. The molecule has 7 heteroatoms. The second kappa shape index (κ2) is 6.59. The van der Waals surface area contributed by atoms with Gasteiger partial charge in [0.15, 0.2) is 0 Å². The summed E-state index contributed by atoms with van der Waals surface area (Å²) in [7, 11) is -3.70. The summed E-state index contributed by atoms with van der Waals surface area (Å²) in [6, 6.07) is 4.47. The number of aliphatic hydroxyl groups excluding tert-OH is 1. The number of sulfonamides is 1. The molecule has 1 aromatic rings. The molecule has 2 atom stereocenters. The van der Waals surface area contributed by atoms with Crippen LogP contribution in [0.1, 0.15) is 41.6 Å². The van der Waals surface area contributed by atoms with Crippen LogP contribution in [0.5, 0.6) is 0 Å². The van der Waals surface area contributed by atoms with E-state index in [1.165, 1.54) is 6.07 Å². The van der Waals surface area contributed by atoms with Crippen LogP contribution in [0.4, 0.5) is 0 Å². The Bertz CT molecular complexity index is 702. The maximum atomic E-state index is 12.6. The van der Waals surface area contributed by atoms with Crippen molar-refractivity contribution in [2.75, 3.05) is 13.2 Å². The zero-order chi connectivity index (χ0) is 16.4. The number of amides is 1. The number of carbonyl (C=O) groups is 1. The summed E-state index contributed by atoms with van der Waals surface area (Å²) >= 11 is 0. The quantitative estimate of drug-likeness (QED) is 0.757. The standard InChI is InChI=1S/C16H22N2O4S/c19-10-12-3-1-2-4-15(12)18-23(21,22)13-6-5-11-7-8-17-16(20)14(11)9-13/h5-6,9,12,15,18-19H,1-4,7-8,10H2,(H,17,20)/t12-,15-/m0/s1. The predicted molar refractivity (Wildman–Crippen MR) is 85.6 cm³/mol. The lowest BCUT2D eigenvalue weighted by atomic mass is 9.86. The first-order valence-corrected chi connectivity index (χ1v) is 9.54. The molecular formula is C16H22N2O4S. The third kappa shape index (κ3) is 3.41. The molecule has 2 aliphatic rings. The van der Waals surface area contributed by atoms with Crippen LogP contribution in [0, 0.1) is 5.92 Å². The van der Waals surface area contributed by atoms with E-state index in [1.807, 2.05) is 0 Å². The molecule has 0 radical (unpaired) electrons. The number of aliphatic hydroxyl groups is 1. The third-order valence-corrected chi connectivity index (χ3v) is 6.25. The molecule has 1 fully saturated rings. The van der Waals surface area contributed by atoms with E-state index in [1.54, 1.807) is 12.1 Å². The Hall–Kier alpha value is -1.44. The highest BCUT2D eigenvalue weighted by Gasteiger charge is 2.30. The molecule has 1 heterocycles. The van der Waals surface area contributed by atoms with Crippen LogP contribution in [0.25, 0.3) is 0 Å². The van der Waals surface area contributed by atoms with E-state index >= 15 is 0 Å². The van der Waals surface area contributed by atoms with Crippen molar-refractivity contribution in [1.29, 1.82) is 0 Å². The van der Waals surface area contributed by atoms with Gasteiger partial charge < -0.3 is 10.4 Å². The molecule has 0 spiro atoms. The van der Waals surface area contributed by atoms with Gasteiger partial charge in [0, 0.05) is 24.8 Å². The number of carbonyl (C=O) groups excluding carboxylic acids is 1. The zero-order valence-electron chi connectivity index (χ0n) is 12.9. The van der Waals surface area contributed by atoms with Crippen LogP contribution < -0.4 is 10.0 Å². The van der Waals surface area contributed by atoms with E-state index in [4.69, 9.17) is 0 Å². The van der Waals surface area contributed by atoms with E-state index in [-0.39, 0.29) is 29.4 Å². The zero-order valence-corrected chi connectivity index (χ0v) is 13.7. The van der Waals surface area contributed by atoms with Gasteiger partial charge in [-0.05, 0) is 42.9 Å². The Balaban J connectivity index is 1.85. The van der Waals surface area contributed by atoms with Gasteiger partial charge in [-0.3, -0.25) is 4.79 Å². The lowest BCUT2D eigenvalue weighted by Crippen LogP contribution is -2.43. The number of fused-ring (bicyclic) bond motifs is 1. The van der Waals surface area contributed by atoms with Gasteiger partial charge >= 0.3 is 0 Å². The fourth-order valence-electron chi connectivity index (χ4n) is 3.41. The first-order valence-electron chi connectivity index (χ1n) is 8.05. The number of rotatable bonds is 4. The van der Waals surface area contributed by atoms with Gasteiger partial charge in [0.1, 0.15) is 0 Å². The molecule has 0 saturated heterocycles. The van der Waals surface area contributed by atoms with Gasteiger partial charge in [0.25, 0.3) is 5.91 Å². The second-order valence-electron chi connectivity index (χ2n) is 6.28. The highest BCUT2D eigenvalue weighted by molar-refractivity contribution is 7.89. The Morgan fingerprint density at radius 1 is 1.26 bits per heavy atom. The largest absolute Gasteiger partial charge is 0.396 e. The molecule has 3 N–H and O–H groups in total. The summed E-state index contributed by atoms with van der Waals surface area (Å²) in [4.78, 5) is 12.0. The van der Waals surface area contributed by atoms with Crippen LogP contribution in [0.15, 0.2) is 23.1 Å². The Morgan fingerprint density at radius 2 is 2.04 bits per heavy atom. The van der Waals surface area contributed by atoms with Gasteiger partial charge in [0.2, 0.25) is 10.0 Å². The van der Waals surface area contributed by atoms with Gasteiger partial charge in [-0.25, -0.2) is 13.1 Å². The maximum Gasteiger partial charge on any atom is 0.251 e. The first kappa shape index (κ1) is 16.4. The van der Waals surface area contributed by atoms with Crippen molar-refractivity contribution in [1.82, 2.24) is 10.0 Å². The normalized spacial score (nSPS) is 24.8. The molecule has 1 aliphatic carbocycles.